The Balaban J connectivity index is 1.69. The highest BCUT2D eigenvalue weighted by atomic mass is 35.5. The minimum Gasteiger partial charge on any atom is -0.496 e. The Kier molecular flexibility index (Phi) is 6.32. The van der Waals surface area contributed by atoms with Gasteiger partial charge >= 0.3 is 0 Å². The first-order valence-electron chi connectivity index (χ1n) is 10.1. The normalized spacial score (nSPS) is 15.0. The van der Waals surface area contributed by atoms with Crippen LogP contribution in [-0.4, -0.2) is 47.2 Å². The topological polar surface area (TPSA) is 53.5 Å². The van der Waals surface area contributed by atoms with Gasteiger partial charge in [0.2, 0.25) is 0 Å². The van der Waals surface area contributed by atoms with Crippen LogP contribution in [0.1, 0.15) is 24.8 Å². The van der Waals surface area contributed by atoms with Crippen molar-refractivity contribution in [2.75, 3.05) is 32.6 Å². The third kappa shape index (κ3) is 4.33. The Morgan fingerprint density at radius 2 is 2.00 bits per heavy atom. The zero-order valence-corrected chi connectivity index (χ0v) is 17.9. The third-order valence-electron chi connectivity index (χ3n) is 5.46. The molecule has 1 aromatic heterocycles. The highest BCUT2D eigenvalue weighted by Crippen LogP contribution is 2.32. The summed E-state index contributed by atoms with van der Waals surface area (Å²) in [4.78, 5) is 8.71. The van der Waals surface area contributed by atoms with Gasteiger partial charge in [0.25, 0.3) is 0 Å². The fraction of sp³-hybridized carbons (Fsp3) is 0.364. The average molecular weight is 430 g/mol. The molecule has 1 aliphatic heterocycles. The number of methoxy groups -OCH3 is 1. The number of benzene rings is 2. The maximum Gasteiger partial charge on any atom is 0.165 e. The molecule has 30 heavy (non-hydrogen) atoms. The van der Waals surface area contributed by atoms with E-state index in [2.05, 4.69) is 32.4 Å². The molecule has 4 rings (SSSR count). The number of hydrogen-bond donors (Lipinski definition) is 1. The van der Waals surface area contributed by atoms with Gasteiger partial charge in [0.1, 0.15) is 17.9 Å². The van der Waals surface area contributed by atoms with E-state index in [1.54, 1.807) is 19.2 Å². The van der Waals surface area contributed by atoms with Crippen molar-refractivity contribution in [1.82, 2.24) is 20.0 Å². The van der Waals surface area contributed by atoms with Gasteiger partial charge in [-0.05, 0) is 31.0 Å². The number of nitrogens with one attached hydrogen (secondary N) is 1. The number of hydrogen-bond acceptors (Lipinski definition) is 6. The largest absolute Gasteiger partial charge is 0.496 e. The van der Waals surface area contributed by atoms with Gasteiger partial charge in [0.05, 0.1) is 23.3 Å². The number of hydrazine groups is 1. The Hall–Kier alpha value is -2.48. The maximum atomic E-state index is 14.4. The number of nitrogens with zero attached hydrogens (tertiary/aromatic N) is 4. The van der Waals surface area contributed by atoms with Gasteiger partial charge in [-0.2, -0.15) is 0 Å². The summed E-state index contributed by atoms with van der Waals surface area (Å²) >= 11 is 5.92. The molecule has 3 aromatic rings. The van der Waals surface area contributed by atoms with Crippen molar-refractivity contribution < 1.29 is 9.13 Å². The molecule has 1 N–H and O–H groups in total. The molecule has 0 amide bonds. The van der Waals surface area contributed by atoms with E-state index in [1.165, 1.54) is 31.7 Å². The standard InChI is InChI=1S/C22H25ClFN5O/c1-28(29-9-4-3-5-10-29)13-15-11-16-19(12-20(15)30-2)25-14-26-22(16)27-18-8-6-7-17(23)21(18)24/h6-8,11-12,14H,3-5,9-10,13H2,1-2H3,(H,25,26,27). The predicted octanol–water partition coefficient (Wildman–Crippen LogP) is 5.01. The molecule has 0 saturated carbocycles. The Morgan fingerprint density at radius 1 is 1.20 bits per heavy atom. The van der Waals surface area contributed by atoms with Crippen LogP contribution in [0.3, 0.4) is 0 Å². The number of ether oxygens (including phenoxy) is 1. The number of piperidine rings is 1. The fourth-order valence-corrected chi connectivity index (χ4v) is 4.01. The van der Waals surface area contributed by atoms with Crippen LogP contribution in [0.2, 0.25) is 5.02 Å². The summed E-state index contributed by atoms with van der Waals surface area (Å²) in [7, 11) is 3.75. The third-order valence-corrected chi connectivity index (χ3v) is 5.75. The van der Waals surface area contributed by atoms with Crippen LogP contribution in [0, 0.1) is 5.82 Å². The van der Waals surface area contributed by atoms with E-state index in [-0.39, 0.29) is 10.7 Å². The molecule has 0 aliphatic carbocycles. The summed E-state index contributed by atoms with van der Waals surface area (Å²) in [6.45, 7) is 2.83. The van der Waals surface area contributed by atoms with Gasteiger partial charge in [-0.1, -0.05) is 24.1 Å². The van der Waals surface area contributed by atoms with Crippen molar-refractivity contribution in [2.24, 2.45) is 0 Å². The van der Waals surface area contributed by atoms with Gasteiger partial charge in [-0.3, -0.25) is 0 Å². The quantitative estimate of drug-likeness (QED) is 0.594. The molecule has 1 fully saturated rings. The summed E-state index contributed by atoms with van der Waals surface area (Å²) in [6, 6.07) is 8.75. The van der Waals surface area contributed by atoms with Crippen molar-refractivity contribution in [2.45, 2.75) is 25.8 Å². The zero-order chi connectivity index (χ0) is 21.1. The van der Waals surface area contributed by atoms with E-state index < -0.39 is 5.82 Å². The first-order chi connectivity index (χ1) is 14.6. The lowest BCUT2D eigenvalue weighted by Crippen LogP contribution is -2.42. The monoisotopic (exact) mass is 429 g/mol. The van der Waals surface area contributed by atoms with Crippen LogP contribution in [0.5, 0.6) is 5.75 Å². The first kappa shape index (κ1) is 20.8. The van der Waals surface area contributed by atoms with Crippen molar-refractivity contribution in [1.29, 1.82) is 0 Å². The summed E-state index contributed by atoms with van der Waals surface area (Å²) in [5.74, 6) is 0.778. The second-order valence-electron chi connectivity index (χ2n) is 7.46. The Morgan fingerprint density at radius 3 is 2.77 bits per heavy atom. The van der Waals surface area contributed by atoms with Crippen molar-refractivity contribution in [3.05, 3.63) is 53.1 Å². The lowest BCUT2D eigenvalue weighted by atomic mass is 10.1. The molecule has 0 radical (unpaired) electrons. The molecule has 1 aliphatic rings. The molecule has 2 heterocycles. The number of halogens is 2. The molecule has 0 bridgehead atoms. The molecule has 158 valence electrons. The summed E-state index contributed by atoms with van der Waals surface area (Å²) in [5, 5.41) is 8.52. The van der Waals surface area contributed by atoms with Crippen molar-refractivity contribution in [3.63, 3.8) is 0 Å². The minimum atomic E-state index is -0.510. The molecule has 0 atom stereocenters. The molecule has 6 nitrogen and oxygen atoms in total. The summed E-state index contributed by atoms with van der Waals surface area (Å²) in [5.41, 5.74) is 2.00. The van der Waals surface area contributed by atoms with E-state index in [0.29, 0.717) is 12.4 Å². The van der Waals surface area contributed by atoms with E-state index in [0.717, 1.165) is 35.3 Å². The van der Waals surface area contributed by atoms with Gasteiger partial charge in [0, 0.05) is 43.7 Å². The minimum absolute atomic E-state index is 0.0591. The fourth-order valence-electron chi connectivity index (χ4n) is 3.84. The number of aromatic nitrogens is 2. The molecule has 0 unspecified atom stereocenters. The summed E-state index contributed by atoms with van der Waals surface area (Å²) < 4.78 is 20.0. The van der Waals surface area contributed by atoms with Crippen molar-refractivity contribution >= 4 is 34.0 Å². The lowest BCUT2D eigenvalue weighted by Gasteiger charge is -2.35. The average Bonchev–Trinajstić information content (AvgIpc) is 2.77. The van der Waals surface area contributed by atoms with E-state index in [4.69, 9.17) is 16.3 Å². The highest BCUT2D eigenvalue weighted by molar-refractivity contribution is 6.31. The van der Waals surface area contributed by atoms with Crippen molar-refractivity contribution in [3.8, 4) is 5.75 Å². The summed E-state index contributed by atoms with van der Waals surface area (Å²) in [6.07, 6.45) is 5.17. The lowest BCUT2D eigenvalue weighted by molar-refractivity contribution is -0.0237. The zero-order valence-electron chi connectivity index (χ0n) is 17.2. The van der Waals surface area contributed by atoms with E-state index in [1.807, 2.05) is 12.1 Å². The highest BCUT2D eigenvalue weighted by Gasteiger charge is 2.18. The van der Waals surface area contributed by atoms with E-state index in [9.17, 15) is 4.39 Å². The molecular weight excluding hydrogens is 405 g/mol. The molecular formula is C22H25ClFN5O. The SMILES string of the molecule is COc1cc2ncnc(Nc3cccc(Cl)c3F)c2cc1CN(C)N1CCCCC1. The second-order valence-corrected chi connectivity index (χ2v) is 7.87. The molecule has 0 spiro atoms. The van der Waals surface area contributed by atoms with Crippen LogP contribution >= 0.6 is 11.6 Å². The number of rotatable bonds is 6. The molecule has 1 saturated heterocycles. The number of anilines is 2. The van der Waals surface area contributed by atoms with Crippen LogP contribution in [-0.2, 0) is 6.54 Å². The molecule has 2 aromatic carbocycles. The Bertz CT molecular complexity index is 1040. The van der Waals surface area contributed by atoms with Gasteiger partial charge in [-0.15, -0.1) is 0 Å². The van der Waals surface area contributed by atoms with Crippen LogP contribution in [0.15, 0.2) is 36.7 Å². The van der Waals surface area contributed by atoms with Gasteiger partial charge in [0.15, 0.2) is 5.82 Å². The first-order valence-corrected chi connectivity index (χ1v) is 10.4. The van der Waals surface area contributed by atoms with Gasteiger partial charge in [-0.25, -0.2) is 24.4 Å². The van der Waals surface area contributed by atoms with E-state index >= 15 is 0 Å². The molecule has 8 heteroatoms. The maximum absolute atomic E-state index is 14.4. The Labute approximate surface area is 180 Å². The predicted molar refractivity (Wildman–Crippen MR) is 118 cm³/mol. The second kappa shape index (κ2) is 9.12. The van der Waals surface area contributed by atoms with Crippen LogP contribution in [0.4, 0.5) is 15.9 Å². The number of fused-ring (bicyclic) bond motifs is 1. The van der Waals surface area contributed by atoms with Gasteiger partial charge < -0.3 is 10.1 Å². The smallest absolute Gasteiger partial charge is 0.165 e. The van der Waals surface area contributed by atoms with Crippen LogP contribution < -0.4 is 10.1 Å². The van der Waals surface area contributed by atoms with Crippen LogP contribution in [0.25, 0.3) is 10.9 Å².